The van der Waals surface area contributed by atoms with Gasteiger partial charge in [-0.2, -0.15) is 0 Å². The third kappa shape index (κ3) is 5.83. The zero-order valence-electron chi connectivity index (χ0n) is 27.0. The maximum absolute atomic E-state index is 14.3. The van der Waals surface area contributed by atoms with Crippen LogP contribution in [0.15, 0.2) is 108 Å². The van der Waals surface area contributed by atoms with Crippen LogP contribution in [-0.4, -0.2) is 52.0 Å². The molecule has 49 heavy (non-hydrogen) atoms. The lowest BCUT2D eigenvalue weighted by Gasteiger charge is -2.28. The van der Waals surface area contributed by atoms with E-state index in [9.17, 15) is 24.6 Å². The highest BCUT2D eigenvalue weighted by molar-refractivity contribution is 9.10. The Morgan fingerprint density at radius 1 is 1.00 bits per heavy atom. The number of hydrogen-bond donors (Lipinski definition) is 2. The van der Waals surface area contributed by atoms with E-state index in [1.54, 1.807) is 58.0 Å². The molecule has 4 aromatic rings. The third-order valence-corrected chi connectivity index (χ3v) is 10.2. The van der Waals surface area contributed by atoms with Gasteiger partial charge in [-0.25, -0.2) is 0 Å². The first-order valence-electron chi connectivity index (χ1n) is 16.4. The summed E-state index contributed by atoms with van der Waals surface area (Å²) in [6.45, 7) is 2.47. The first-order valence-corrected chi connectivity index (χ1v) is 17.2. The quantitative estimate of drug-likeness (QED) is 0.193. The summed E-state index contributed by atoms with van der Waals surface area (Å²) >= 11 is 3.51. The number of aliphatic hydroxyl groups excluding tert-OH is 1. The van der Waals surface area contributed by atoms with E-state index in [1.165, 1.54) is 0 Å². The van der Waals surface area contributed by atoms with Gasteiger partial charge in [-0.15, -0.1) is 0 Å². The van der Waals surface area contributed by atoms with Crippen LogP contribution in [0.4, 0.5) is 17.1 Å². The van der Waals surface area contributed by atoms with E-state index in [1.807, 2.05) is 66.7 Å². The van der Waals surface area contributed by atoms with Crippen LogP contribution in [0.1, 0.15) is 47.7 Å². The van der Waals surface area contributed by atoms with E-state index < -0.39 is 17.4 Å². The van der Waals surface area contributed by atoms with Crippen LogP contribution in [0.2, 0.25) is 0 Å². The van der Waals surface area contributed by atoms with Gasteiger partial charge in [0.1, 0.15) is 5.75 Å². The van der Waals surface area contributed by atoms with Crippen molar-refractivity contribution >= 4 is 50.7 Å². The summed E-state index contributed by atoms with van der Waals surface area (Å²) in [5.41, 5.74) is 1.56. The summed E-state index contributed by atoms with van der Waals surface area (Å²) in [7, 11) is 0. The molecule has 0 aliphatic carbocycles. The number of nitrogens with zero attached hydrogens (tertiary/aromatic N) is 3. The van der Waals surface area contributed by atoms with Crippen LogP contribution in [-0.2, 0) is 21.7 Å². The number of halogens is 1. The molecule has 0 unspecified atom stereocenters. The second-order valence-corrected chi connectivity index (χ2v) is 13.6. The van der Waals surface area contributed by atoms with Gasteiger partial charge in [-0.1, -0.05) is 71.4 Å². The normalized spacial score (nSPS) is 20.6. The van der Waals surface area contributed by atoms with E-state index in [4.69, 9.17) is 4.74 Å². The van der Waals surface area contributed by atoms with Crippen LogP contribution in [0, 0.1) is 5.92 Å². The lowest BCUT2D eigenvalue weighted by Crippen LogP contribution is -2.44. The molecule has 250 valence electrons. The minimum atomic E-state index is -1.88. The van der Waals surface area contributed by atoms with E-state index >= 15 is 0 Å². The molecule has 3 atom stereocenters. The van der Waals surface area contributed by atoms with Crippen molar-refractivity contribution in [3.05, 3.63) is 124 Å². The molecule has 1 saturated heterocycles. The lowest BCUT2D eigenvalue weighted by molar-refractivity contribution is -0.139. The highest BCUT2D eigenvalue weighted by Crippen LogP contribution is 2.47. The predicted molar refractivity (Wildman–Crippen MR) is 190 cm³/mol. The Kier molecular flexibility index (Phi) is 8.87. The molecule has 0 saturated carbocycles. The summed E-state index contributed by atoms with van der Waals surface area (Å²) < 4.78 is 6.88. The van der Waals surface area contributed by atoms with Crippen molar-refractivity contribution < 1.29 is 29.3 Å². The number of rotatable bonds is 8. The molecule has 10 heteroatoms. The number of amides is 3. The van der Waals surface area contributed by atoms with Crippen molar-refractivity contribution in [3.8, 4) is 11.5 Å². The summed E-state index contributed by atoms with van der Waals surface area (Å²) in [5.74, 6) is -0.446. The van der Waals surface area contributed by atoms with Crippen LogP contribution in [0.5, 0.6) is 11.5 Å². The van der Waals surface area contributed by atoms with Gasteiger partial charge >= 0.3 is 0 Å². The fraction of sp³-hybridized carbons (Fsp3) is 0.256. The average Bonchev–Trinajstić information content (AvgIpc) is 3.64. The lowest BCUT2D eigenvalue weighted by atomic mass is 9.83. The Hall–Kier alpha value is -4.77. The fourth-order valence-electron chi connectivity index (χ4n) is 7.10. The molecular formula is C39H36BrN3O6. The molecule has 7 rings (SSSR count). The number of benzene rings is 4. The van der Waals surface area contributed by atoms with E-state index in [2.05, 4.69) is 15.9 Å². The van der Waals surface area contributed by atoms with Crippen molar-refractivity contribution in [3.63, 3.8) is 0 Å². The molecule has 2 N–H and O–H groups in total. The average molecular weight is 723 g/mol. The van der Waals surface area contributed by atoms with Crippen LogP contribution >= 0.6 is 15.9 Å². The molecule has 0 spiro atoms. The topological polar surface area (TPSA) is 111 Å². The summed E-state index contributed by atoms with van der Waals surface area (Å²) in [6, 6.07) is 27.2. The maximum Gasteiger partial charge on any atom is 0.266 e. The minimum absolute atomic E-state index is 0.0610. The molecule has 1 fully saturated rings. The smallest absolute Gasteiger partial charge is 0.266 e. The van der Waals surface area contributed by atoms with Gasteiger partial charge < -0.3 is 24.7 Å². The number of para-hydroxylation sites is 3. The first kappa shape index (κ1) is 32.8. The zero-order chi connectivity index (χ0) is 34.3. The van der Waals surface area contributed by atoms with Gasteiger partial charge in [0.25, 0.3) is 11.8 Å². The van der Waals surface area contributed by atoms with E-state index in [0.29, 0.717) is 46.2 Å². The van der Waals surface area contributed by atoms with E-state index in [0.717, 1.165) is 22.9 Å². The molecule has 3 heterocycles. The molecule has 3 amide bonds. The SMILES string of the molecule is C[C@H](/C=C/CC(=O)N1CCC[C@H]1CO)[C@@]1(O)C(=O)N(Cc2cccc(N3C(=O)c4ccccc4Oc4ccccc43)c2)c2ccc(Br)cc21. The van der Waals surface area contributed by atoms with Crippen LogP contribution in [0.25, 0.3) is 0 Å². The first-order chi connectivity index (χ1) is 23.7. The Balaban J connectivity index is 1.17. The van der Waals surface area contributed by atoms with Gasteiger partial charge in [-0.3, -0.25) is 19.3 Å². The van der Waals surface area contributed by atoms with Crippen molar-refractivity contribution in [2.75, 3.05) is 23.0 Å². The number of likely N-dealkylation sites (tertiary alicyclic amines) is 1. The highest BCUT2D eigenvalue weighted by atomic mass is 79.9. The molecule has 4 aromatic carbocycles. The summed E-state index contributed by atoms with van der Waals surface area (Å²) in [5, 5.41) is 21.8. The number of carbonyl (C=O) groups excluding carboxylic acids is 3. The number of anilines is 3. The minimum Gasteiger partial charge on any atom is -0.454 e. The van der Waals surface area contributed by atoms with Crippen molar-refractivity contribution in [2.24, 2.45) is 5.92 Å². The predicted octanol–water partition coefficient (Wildman–Crippen LogP) is 6.83. The molecule has 3 aliphatic heterocycles. The zero-order valence-corrected chi connectivity index (χ0v) is 28.5. The van der Waals surface area contributed by atoms with Gasteiger partial charge in [0.05, 0.1) is 36.1 Å². The fourth-order valence-corrected chi connectivity index (χ4v) is 7.46. The molecule has 0 radical (unpaired) electrons. The van der Waals surface area contributed by atoms with Crippen molar-refractivity contribution in [1.29, 1.82) is 0 Å². The second-order valence-electron chi connectivity index (χ2n) is 12.7. The summed E-state index contributed by atoms with van der Waals surface area (Å²) in [6.07, 6.45) is 5.18. The van der Waals surface area contributed by atoms with Gasteiger partial charge in [0.15, 0.2) is 11.4 Å². The number of ether oxygens (including phenoxy) is 1. The largest absolute Gasteiger partial charge is 0.454 e. The Morgan fingerprint density at radius 2 is 1.78 bits per heavy atom. The summed E-state index contributed by atoms with van der Waals surface area (Å²) in [4.78, 5) is 46.0. The number of carbonyl (C=O) groups is 3. The molecule has 9 nitrogen and oxygen atoms in total. The Bertz CT molecular complexity index is 1980. The Labute approximate surface area is 293 Å². The van der Waals surface area contributed by atoms with Gasteiger partial charge in [-0.05, 0) is 73.0 Å². The standard InChI is InChI=1S/C39H36BrN3O6/c1-25(9-6-17-36(45)41-20-8-12-29(41)24-44)39(48)31-22-27(40)18-19-32(31)42(38(39)47)23-26-10-7-11-28(21-26)43-33-14-3-5-16-35(33)49-34-15-4-2-13-30(34)37(43)46/h2-7,9-11,13-16,18-19,21-22,25,29,44,48H,8,12,17,20,23-24H2,1H3/b9-6+/t25-,29+,39+/m1/s1. The molecule has 0 aromatic heterocycles. The molecule has 3 aliphatic rings. The van der Waals surface area contributed by atoms with Crippen molar-refractivity contribution in [2.45, 2.75) is 44.4 Å². The number of hydrogen-bond acceptors (Lipinski definition) is 6. The maximum atomic E-state index is 14.3. The highest BCUT2D eigenvalue weighted by Gasteiger charge is 2.52. The van der Waals surface area contributed by atoms with E-state index in [-0.39, 0.29) is 37.4 Å². The van der Waals surface area contributed by atoms with Gasteiger partial charge in [0, 0.05) is 34.6 Å². The van der Waals surface area contributed by atoms with Crippen LogP contribution in [0.3, 0.4) is 0 Å². The van der Waals surface area contributed by atoms with Crippen LogP contribution < -0.4 is 14.5 Å². The number of aliphatic hydroxyl groups is 2. The Morgan fingerprint density at radius 3 is 2.59 bits per heavy atom. The number of fused-ring (bicyclic) bond motifs is 3. The molecule has 0 bridgehead atoms. The third-order valence-electron chi connectivity index (χ3n) is 9.67. The second kappa shape index (κ2) is 13.3. The van der Waals surface area contributed by atoms with Crippen molar-refractivity contribution in [1.82, 2.24) is 4.90 Å². The van der Waals surface area contributed by atoms with Gasteiger partial charge in [0.2, 0.25) is 5.91 Å². The molecular weight excluding hydrogens is 686 g/mol. The monoisotopic (exact) mass is 721 g/mol.